The van der Waals surface area contributed by atoms with E-state index in [9.17, 15) is 22.8 Å². The highest BCUT2D eigenvalue weighted by molar-refractivity contribution is 7.18. The summed E-state index contributed by atoms with van der Waals surface area (Å²) in [5, 5.41) is 0.688. The number of fused-ring (bicyclic) bond motifs is 3. The standard InChI is InChI=1S/C22H22F3N3O2S/c1-27(12-14-6-8-15(9-7-14)22(23,24)25)18(29)10-11-28-13-26-20-19(21(28)30)16-4-2-3-5-17(16)31-20/h6-9,13H,2-5,10-12H2,1H3. The van der Waals surface area contributed by atoms with Crippen LogP contribution < -0.4 is 5.56 Å². The van der Waals surface area contributed by atoms with Gasteiger partial charge in [-0.05, 0) is 48.9 Å². The first-order chi connectivity index (χ1) is 14.7. The van der Waals surface area contributed by atoms with Crippen LogP contribution in [0, 0.1) is 0 Å². The molecule has 0 spiro atoms. The van der Waals surface area contributed by atoms with Crippen molar-refractivity contribution in [2.45, 2.75) is 51.4 Å². The molecule has 164 valence electrons. The molecule has 0 atom stereocenters. The molecule has 0 saturated heterocycles. The van der Waals surface area contributed by atoms with Crippen molar-refractivity contribution in [2.75, 3.05) is 7.05 Å². The van der Waals surface area contributed by atoms with E-state index >= 15 is 0 Å². The number of thiophene rings is 1. The molecule has 0 bridgehead atoms. The molecular formula is C22H22F3N3O2S. The maximum Gasteiger partial charge on any atom is 0.416 e. The Bertz CT molecular complexity index is 1170. The number of carbonyl (C=O) groups is 1. The number of nitrogens with zero attached hydrogens (tertiary/aromatic N) is 3. The molecule has 9 heteroatoms. The fourth-order valence-corrected chi connectivity index (χ4v) is 5.13. The van der Waals surface area contributed by atoms with Crippen molar-refractivity contribution in [3.05, 3.63) is 62.5 Å². The van der Waals surface area contributed by atoms with Gasteiger partial charge in [-0.1, -0.05) is 12.1 Å². The highest BCUT2D eigenvalue weighted by Crippen LogP contribution is 2.33. The van der Waals surface area contributed by atoms with Gasteiger partial charge in [-0.25, -0.2) is 4.98 Å². The number of aromatic nitrogens is 2. The second-order valence-corrected chi connectivity index (χ2v) is 8.91. The molecular weight excluding hydrogens is 427 g/mol. The van der Waals surface area contributed by atoms with Crippen molar-refractivity contribution in [1.82, 2.24) is 14.5 Å². The van der Waals surface area contributed by atoms with E-state index in [1.54, 1.807) is 18.4 Å². The van der Waals surface area contributed by atoms with Gasteiger partial charge in [0.05, 0.1) is 17.3 Å². The zero-order valence-electron chi connectivity index (χ0n) is 17.0. The third-order valence-electron chi connectivity index (χ3n) is 5.64. The van der Waals surface area contributed by atoms with Gasteiger partial charge in [0.15, 0.2) is 0 Å². The minimum absolute atomic E-state index is 0.108. The molecule has 2 aromatic heterocycles. The van der Waals surface area contributed by atoms with Gasteiger partial charge in [0.25, 0.3) is 5.56 Å². The number of hydrogen-bond acceptors (Lipinski definition) is 4. The summed E-state index contributed by atoms with van der Waals surface area (Å²) in [6.07, 6.45) is 1.30. The van der Waals surface area contributed by atoms with Crippen molar-refractivity contribution in [1.29, 1.82) is 0 Å². The fourth-order valence-electron chi connectivity index (χ4n) is 3.91. The Morgan fingerprint density at radius 2 is 1.90 bits per heavy atom. The molecule has 1 aliphatic rings. The third kappa shape index (κ3) is 4.51. The van der Waals surface area contributed by atoms with Gasteiger partial charge in [0, 0.05) is 31.4 Å². The van der Waals surface area contributed by atoms with Crippen LogP contribution in [0.3, 0.4) is 0 Å². The first-order valence-corrected chi connectivity index (χ1v) is 11.0. The average Bonchev–Trinajstić information content (AvgIpc) is 3.12. The lowest BCUT2D eigenvalue weighted by Crippen LogP contribution is -2.29. The minimum atomic E-state index is -4.38. The monoisotopic (exact) mass is 449 g/mol. The minimum Gasteiger partial charge on any atom is -0.341 e. The number of hydrogen-bond donors (Lipinski definition) is 0. The number of halogens is 3. The predicted molar refractivity (Wildman–Crippen MR) is 113 cm³/mol. The summed E-state index contributed by atoms with van der Waals surface area (Å²) in [5.41, 5.74) is 0.892. The third-order valence-corrected chi connectivity index (χ3v) is 6.83. The zero-order valence-corrected chi connectivity index (χ0v) is 17.9. The molecule has 4 rings (SSSR count). The Morgan fingerprint density at radius 1 is 1.19 bits per heavy atom. The fraction of sp³-hybridized carbons (Fsp3) is 0.409. The first kappa shape index (κ1) is 21.5. The van der Waals surface area contributed by atoms with Gasteiger partial charge in [-0.15, -0.1) is 11.3 Å². The summed E-state index contributed by atoms with van der Waals surface area (Å²) in [6.45, 7) is 0.407. The topological polar surface area (TPSA) is 55.2 Å². The van der Waals surface area contributed by atoms with Crippen LogP contribution in [0.1, 0.15) is 40.8 Å². The summed E-state index contributed by atoms with van der Waals surface area (Å²) in [6, 6.07) is 4.76. The summed E-state index contributed by atoms with van der Waals surface area (Å²) >= 11 is 1.59. The van der Waals surface area contributed by atoms with E-state index in [-0.39, 0.29) is 31.0 Å². The first-order valence-electron chi connectivity index (χ1n) is 10.1. The van der Waals surface area contributed by atoms with Crippen molar-refractivity contribution >= 4 is 27.5 Å². The maximum atomic E-state index is 13.0. The Kier molecular flexibility index (Phi) is 5.88. The summed E-state index contributed by atoms with van der Waals surface area (Å²) in [5.74, 6) is -0.195. The van der Waals surface area contributed by atoms with Gasteiger partial charge in [0.2, 0.25) is 5.91 Å². The zero-order chi connectivity index (χ0) is 22.2. The predicted octanol–water partition coefficient (Wildman–Crippen LogP) is 4.40. The number of amides is 1. The Hall–Kier alpha value is -2.68. The SMILES string of the molecule is CN(Cc1ccc(C(F)(F)F)cc1)C(=O)CCn1cnc2sc3c(c2c1=O)CCCC3. The van der Waals surface area contributed by atoms with E-state index in [4.69, 9.17) is 0 Å². The molecule has 31 heavy (non-hydrogen) atoms. The molecule has 0 aliphatic heterocycles. The van der Waals surface area contributed by atoms with Crippen LogP contribution in [-0.2, 0) is 36.9 Å². The van der Waals surface area contributed by atoms with Crippen molar-refractivity contribution in [3.8, 4) is 0 Å². The molecule has 2 heterocycles. The van der Waals surface area contributed by atoms with E-state index in [2.05, 4.69) is 4.98 Å². The second kappa shape index (κ2) is 8.45. The van der Waals surface area contributed by atoms with Crippen molar-refractivity contribution in [3.63, 3.8) is 0 Å². The largest absolute Gasteiger partial charge is 0.416 e. The van der Waals surface area contributed by atoms with Crippen LogP contribution in [-0.4, -0.2) is 27.4 Å². The number of rotatable bonds is 5. The highest BCUT2D eigenvalue weighted by atomic mass is 32.1. The Labute approximate surface area is 181 Å². The van der Waals surface area contributed by atoms with Gasteiger partial charge in [-0.3, -0.25) is 14.2 Å². The normalized spacial score (nSPS) is 13.9. The molecule has 1 amide bonds. The lowest BCUT2D eigenvalue weighted by molar-refractivity contribution is -0.137. The van der Waals surface area contributed by atoms with Crippen LogP contribution in [0.4, 0.5) is 13.2 Å². The van der Waals surface area contributed by atoms with E-state index in [1.165, 1.54) is 32.8 Å². The van der Waals surface area contributed by atoms with Crippen molar-refractivity contribution in [2.24, 2.45) is 0 Å². The van der Waals surface area contributed by atoms with E-state index in [0.717, 1.165) is 48.2 Å². The van der Waals surface area contributed by atoms with Crippen molar-refractivity contribution < 1.29 is 18.0 Å². The number of carbonyl (C=O) groups excluding carboxylic acids is 1. The molecule has 0 fully saturated rings. The van der Waals surface area contributed by atoms with Gasteiger partial charge in [0.1, 0.15) is 4.83 Å². The van der Waals surface area contributed by atoms with Crippen LogP contribution >= 0.6 is 11.3 Å². The molecule has 1 aliphatic carbocycles. The Balaban J connectivity index is 1.42. The lowest BCUT2D eigenvalue weighted by atomic mass is 9.97. The Morgan fingerprint density at radius 3 is 2.61 bits per heavy atom. The van der Waals surface area contributed by atoms with Gasteiger partial charge >= 0.3 is 6.18 Å². The summed E-state index contributed by atoms with van der Waals surface area (Å²) in [4.78, 5) is 33.4. The average molecular weight is 449 g/mol. The maximum absolute atomic E-state index is 13.0. The lowest BCUT2D eigenvalue weighted by Gasteiger charge is -2.18. The van der Waals surface area contributed by atoms with Gasteiger partial charge in [-0.2, -0.15) is 13.2 Å². The second-order valence-electron chi connectivity index (χ2n) is 7.83. The number of benzene rings is 1. The molecule has 1 aromatic carbocycles. The van der Waals surface area contributed by atoms with Crippen LogP contribution in [0.15, 0.2) is 35.4 Å². The quantitative estimate of drug-likeness (QED) is 0.580. The highest BCUT2D eigenvalue weighted by Gasteiger charge is 2.30. The van der Waals surface area contributed by atoms with Crippen LogP contribution in [0.2, 0.25) is 0 Å². The molecule has 5 nitrogen and oxygen atoms in total. The smallest absolute Gasteiger partial charge is 0.341 e. The molecule has 0 N–H and O–H groups in total. The molecule has 0 radical (unpaired) electrons. The van der Waals surface area contributed by atoms with E-state index < -0.39 is 11.7 Å². The molecule has 0 unspecified atom stereocenters. The molecule has 0 saturated carbocycles. The summed E-state index contributed by atoms with van der Waals surface area (Å²) < 4.78 is 39.5. The number of alkyl halides is 3. The van der Waals surface area contributed by atoms with E-state index in [0.29, 0.717) is 10.9 Å². The number of aryl methyl sites for hydroxylation is 3. The van der Waals surface area contributed by atoms with Gasteiger partial charge < -0.3 is 4.90 Å². The van der Waals surface area contributed by atoms with Crippen LogP contribution in [0.25, 0.3) is 10.2 Å². The molecule has 3 aromatic rings. The summed E-state index contributed by atoms with van der Waals surface area (Å²) in [7, 11) is 1.60. The van der Waals surface area contributed by atoms with Crippen LogP contribution in [0.5, 0.6) is 0 Å². The van der Waals surface area contributed by atoms with E-state index in [1.807, 2.05) is 0 Å².